The zero-order valence-corrected chi connectivity index (χ0v) is 18.9. The summed E-state index contributed by atoms with van der Waals surface area (Å²) in [5, 5.41) is 11.7. The molecule has 6 nitrogen and oxygen atoms in total. The highest BCUT2D eigenvalue weighted by atomic mass is 35.5. The zero-order valence-electron chi connectivity index (χ0n) is 18.1. The second-order valence-electron chi connectivity index (χ2n) is 7.52. The molecule has 0 radical (unpaired) electrons. The van der Waals surface area contributed by atoms with E-state index in [1.807, 2.05) is 18.2 Å². The fourth-order valence-corrected chi connectivity index (χ4v) is 4.08. The number of benzene rings is 3. The first-order valence-electron chi connectivity index (χ1n) is 10.2. The van der Waals surface area contributed by atoms with Crippen molar-refractivity contribution in [3.63, 3.8) is 0 Å². The molecule has 1 aliphatic heterocycles. The maximum atomic E-state index is 13.2. The van der Waals surface area contributed by atoms with Crippen LogP contribution in [-0.2, 0) is 16.1 Å². The van der Waals surface area contributed by atoms with Crippen molar-refractivity contribution in [2.24, 2.45) is 0 Å². The SMILES string of the molecule is COc1ccc(/C(O)=C2\C(=O)C(=O)N(Cc3ccccc3OC)C2c2ccc(Cl)cc2)cc1. The third kappa shape index (κ3) is 4.30. The lowest BCUT2D eigenvalue weighted by atomic mass is 9.95. The number of ketones is 1. The molecule has 1 fully saturated rings. The Labute approximate surface area is 196 Å². The molecule has 1 saturated heterocycles. The number of amides is 1. The lowest BCUT2D eigenvalue weighted by Crippen LogP contribution is -2.29. The number of hydrogen-bond donors (Lipinski definition) is 1. The molecule has 168 valence electrons. The molecule has 3 aromatic rings. The lowest BCUT2D eigenvalue weighted by Gasteiger charge is -2.26. The number of rotatable bonds is 6. The van der Waals surface area contributed by atoms with Gasteiger partial charge in [0.15, 0.2) is 0 Å². The van der Waals surface area contributed by atoms with E-state index in [4.69, 9.17) is 21.1 Å². The molecule has 4 rings (SSSR count). The van der Waals surface area contributed by atoms with Gasteiger partial charge < -0.3 is 19.5 Å². The highest BCUT2D eigenvalue weighted by Crippen LogP contribution is 2.41. The Morgan fingerprint density at radius 1 is 0.939 bits per heavy atom. The lowest BCUT2D eigenvalue weighted by molar-refractivity contribution is -0.140. The summed E-state index contributed by atoms with van der Waals surface area (Å²) in [6.45, 7) is 0.126. The topological polar surface area (TPSA) is 76.1 Å². The van der Waals surface area contributed by atoms with E-state index < -0.39 is 17.7 Å². The number of methoxy groups -OCH3 is 2. The normalized spacial score (nSPS) is 17.3. The van der Waals surface area contributed by atoms with E-state index in [0.29, 0.717) is 27.6 Å². The van der Waals surface area contributed by atoms with Gasteiger partial charge in [0.05, 0.1) is 32.4 Å². The summed E-state index contributed by atoms with van der Waals surface area (Å²) in [6, 6.07) is 20.0. The Kier molecular flexibility index (Phi) is 6.38. The number of likely N-dealkylation sites (tertiary alicyclic amines) is 1. The van der Waals surface area contributed by atoms with E-state index in [9.17, 15) is 14.7 Å². The maximum Gasteiger partial charge on any atom is 0.295 e. The first-order chi connectivity index (χ1) is 15.9. The molecular weight excluding hydrogens is 442 g/mol. The van der Waals surface area contributed by atoms with Gasteiger partial charge in [0, 0.05) is 16.1 Å². The van der Waals surface area contributed by atoms with Crippen LogP contribution in [0.1, 0.15) is 22.7 Å². The second-order valence-corrected chi connectivity index (χ2v) is 7.96. The second kappa shape index (κ2) is 9.38. The van der Waals surface area contributed by atoms with E-state index in [1.165, 1.54) is 4.90 Å². The Morgan fingerprint density at radius 2 is 1.61 bits per heavy atom. The van der Waals surface area contributed by atoms with Gasteiger partial charge in [-0.1, -0.05) is 41.9 Å². The molecule has 1 unspecified atom stereocenters. The Morgan fingerprint density at radius 3 is 2.24 bits per heavy atom. The zero-order chi connectivity index (χ0) is 23.5. The van der Waals surface area contributed by atoms with Crippen LogP contribution in [0.25, 0.3) is 5.76 Å². The van der Waals surface area contributed by atoms with Crippen molar-refractivity contribution in [2.45, 2.75) is 12.6 Å². The van der Waals surface area contributed by atoms with Crippen LogP contribution in [-0.4, -0.2) is 35.9 Å². The third-order valence-corrected chi connectivity index (χ3v) is 5.87. The molecular formula is C26H22ClNO5. The molecule has 0 aliphatic carbocycles. The van der Waals surface area contributed by atoms with Crippen LogP contribution in [0.2, 0.25) is 5.02 Å². The predicted octanol–water partition coefficient (Wildman–Crippen LogP) is 4.98. The third-order valence-electron chi connectivity index (χ3n) is 5.62. The number of carbonyl (C=O) groups excluding carboxylic acids is 2. The van der Waals surface area contributed by atoms with Crippen LogP contribution in [0.3, 0.4) is 0 Å². The van der Waals surface area contributed by atoms with E-state index in [-0.39, 0.29) is 17.9 Å². The Balaban J connectivity index is 1.85. The highest BCUT2D eigenvalue weighted by molar-refractivity contribution is 6.46. The first-order valence-corrected chi connectivity index (χ1v) is 10.6. The quantitative estimate of drug-likeness (QED) is 0.317. The predicted molar refractivity (Wildman–Crippen MR) is 125 cm³/mol. The molecule has 0 saturated carbocycles. The van der Waals surface area contributed by atoms with Crippen molar-refractivity contribution in [2.75, 3.05) is 14.2 Å². The molecule has 0 aromatic heterocycles. The molecule has 1 aliphatic rings. The molecule has 3 aromatic carbocycles. The molecule has 33 heavy (non-hydrogen) atoms. The van der Waals surface area contributed by atoms with Crippen molar-refractivity contribution >= 4 is 29.1 Å². The van der Waals surface area contributed by atoms with E-state index >= 15 is 0 Å². The van der Waals surface area contributed by atoms with Crippen LogP contribution < -0.4 is 9.47 Å². The number of Topliss-reactive ketones (excluding diaryl/α,β-unsaturated/α-hetero) is 1. The molecule has 7 heteroatoms. The average molecular weight is 464 g/mol. The molecule has 1 amide bonds. The van der Waals surface area contributed by atoms with Crippen molar-refractivity contribution in [3.05, 3.63) is 100 Å². The minimum Gasteiger partial charge on any atom is -0.507 e. The summed E-state index contributed by atoms with van der Waals surface area (Å²) in [5.41, 5.74) is 1.82. The van der Waals surface area contributed by atoms with Gasteiger partial charge in [-0.3, -0.25) is 9.59 Å². The van der Waals surface area contributed by atoms with Gasteiger partial charge in [-0.2, -0.15) is 0 Å². The summed E-state index contributed by atoms with van der Waals surface area (Å²) >= 11 is 6.07. The number of hydrogen-bond acceptors (Lipinski definition) is 5. The maximum absolute atomic E-state index is 13.2. The first kappa shape index (κ1) is 22.4. The fourth-order valence-electron chi connectivity index (χ4n) is 3.96. The number of ether oxygens (including phenoxy) is 2. The van der Waals surface area contributed by atoms with Gasteiger partial charge in [0.1, 0.15) is 17.3 Å². The van der Waals surface area contributed by atoms with Crippen molar-refractivity contribution < 1.29 is 24.2 Å². The van der Waals surface area contributed by atoms with Crippen LogP contribution >= 0.6 is 11.6 Å². The minimum absolute atomic E-state index is 0.0161. The largest absolute Gasteiger partial charge is 0.507 e. The number of carbonyl (C=O) groups is 2. The standard InChI is InChI=1S/C26H22ClNO5/c1-32-20-13-9-17(10-14-20)24(29)22-23(16-7-11-19(27)12-8-16)28(26(31)25(22)30)15-18-5-3-4-6-21(18)33-2/h3-14,23,29H,15H2,1-2H3/b24-22+. The summed E-state index contributed by atoms with van der Waals surface area (Å²) in [7, 11) is 3.09. The highest BCUT2D eigenvalue weighted by Gasteiger charge is 2.46. The molecule has 0 spiro atoms. The smallest absolute Gasteiger partial charge is 0.295 e. The van der Waals surface area contributed by atoms with Gasteiger partial charge in [0.2, 0.25) is 0 Å². The molecule has 0 bridgehead atoms. The molecule has 1 N–H and O–H groups in total. The Hall–Kier alpha value is -3.77. The summed E-state index contributed by atoms with van der Waals surface area (Å²) in [5.74, 6) is -0.491. The van der Waals surface area contributed by atoms with Gasteiger partial charge in [-0.15, -0.1) is 0 Å². The van der Waals surface area contributed by atoms with E-state index in [2.05, 4.69) is 0 Å². The van der Waals surface area contributed by atoms with Crippen molar-refractivity contribution in [1.82, 2.24) is 4.90 Å². The van der Waals surface area contributed by atoms with Gasteiger partial charge in [-0.05, 0) is 48.0 Å². The monoisotopic (exact) mass is 463 g/mol. The van der Waals surface area contributed by atoms with Crippen LogP contribution in [0.4, 0.5) is 0 Å². The molecule has 1 heterocycles. The number of halogens is 1. The fraction of sp³-hybridized carbons (Fsp3) is 0.154. The summed E-state index contributed by atoms with van der Waals surface area (Å²) < 4.78 is 10.6. The van der Waals surface area contributed by atoms with Crippen LogP contribution in [0, 0.1) is 0 Å². The van der Waals surface area contributed by atoms with E-state index in [1.54, 1.807) is 68.8 Å². The number of aliphatic hydroxyl groups is 1. The van der Waals surface area contributed by atoms with Crippen LogP contribution in [0.15, 0.2) is 78.4 Å². The van der Waals surface area contributed by atoms with Crippen molar-refractivity contribution in [1.29, 1.82) is 0 Å². The van der Waals surface area contributed by atoms with Gasteiger partial charge >= 0.3 is 0 Å². The number of nitrogens with zero attached hydrogens (tertiary/aromatic N) is 1. The molecule has 1 atom stereocenters. The van der Waals surface area contributed by atoms with Gasteiger partial charge in [0.25, 0.3) is 11.7 Å². The summed E-state index contributed by atoms with van der Waals surface area (Å²) in [6.07, 6.45) is 0. The van der Waals surface area contributed by atoms with Crippen molar-refractivity contribution in [3.8, 4) is 11.5 Å². The Bertz CT molecular complexity index is 1220. The average Bonchev–Trinajstić information content (AvgIpc) is 3.09. The summed E-state index contributed by atoms with van der Waals surface area (Å²) in [4.78, 5) is 27.8. The number of aliphatic hydroxyl groups excluding tert-OH is 1. The number of para-hydroxylation sites is 1. The van der Waals surface area contributed by atoms with E-state index in [0.717, 1.165) is 5.56 Å². The van der Waals surface area contributed by atoms with Gasteiger partial charge in [-0.25, -0.2) is 0 Å². The minimum atomic E-state index is -0.797. The van der Waals surface area contributed by atoms with Crippen LogP contribution in [0.5, 0.6) is 11.5 Å².